The molecular formula is C11H10N3O3S. The Bertz CT molecular complexity index is 608. The molecule has 6 nitrogen and oxygen atoms in total. The van der Waals surface area contributed by atoms with E-state index in [4.69, 9.17) is 0 Å². The zero-order chi connectivity index (χ0) is 13.0. The van der Waals surface area contributed by atoms with Crippen molar-refractivity contribution in [1.82, 2.24) is 9.66 Å². The molecule has 93 valence electrons. The minimum Gasteiger partial charge on any atom is -0.265 e. The molecule has 0 spiro atoms. The standard InChI is InChI=1S/C11H10N3O3S/c15-10-14(13-7-1-2-8-13)18(16,17)9-11-3-5-12-6-4-11/h1-8H,9H2. The fourth-order valence-electron chi connectivity index (χ4n) is 1.44. The second-order valence-corrected chi connectivity index (χ2v) is 5.31. The average molecular weight is 264 g/mol. The quantitative estimate of drug-likeness (QED) is 0.734. The van der Waals surface area contributed by atoms with Gasteiger partial charge in [0.15, 0.2) is 0 Å². The highest BCUT2D eigenvalue weighted by atomic mass is 32.2. The van der Waals surface area contributed by atoms with Gasteiger partial charge in [0.05, 0.1) is 5.75 Å². The van der Waals surface area contributed by atoms with Crippen LogP contribution in [0.25, 0.3) is 0 Å². The molecule has 0 saturated carbocycles. The molecule has 18 heavy (non-hydrogen) atoms. The van der Waals surface area contributed by atoms with Gasteiger partial charge in [-0.05, 0) is 29.8 Å². The maximum absolute atomic E-state index is 12.1. The van der Waals surface area contributed by atoms with Gasteiger partial charge >= 0.3 is 6.41 Å². The third-order valence-corrected chi connectivity index (χ3v) is 3.73. The predicted molar refractivity (Wildman–Crippen MR) is 65.2 cm³/mol. The second kappa shape index (κ2) is 5.01. The minimum absolute atomic E-state index is 0.289. The lowest BCUT2D eigenvalue weighted by Crippen LogP contribution is -2.39. The van der Waals surface area contributed by atoms with E-state index in [2.05, 4.69) is 4.98 Å². The molecule has 1 amide bonds. The van der Waals surface area contributed by atoms with Crippen LogP contribution in [0, 0.1) is 0 Å². The molecule has 0 saturated heterocycles. The Kier molecular flexibility index (Phi) is 3.42. The van der Waals surface area contributed by atoms with Crippen LogP contribution in [0.15, 0.2) is 49.1 Å². The Hall–Kier alpha value is -2.15. The van der Waals surface area contributed by atoms with Crippen molar-refractivity contribution in [3.8, 4) is 0 Å². The van der Waals surface area contributed by atoms with E-state index in [-0.39, 0.29) is 5.75 Å². The summed E-state index contributed by atoms with van der Waals surface area (Å²) >= 11 is 0. The molecule has 0 unspecified atom stereocenters. The van der Waals surface area contributed by atoms with Gasteiger partial charge in [-0.25, -0.2) is 8.42 Å². The van der Waals surface area contributed by atoms with Crippen molar-refractivity contribution in [2.24, 2.45) is 0 Å². The van der Waals surface area contributed by atoms with Crippen molar-refractivity contribution in [2.45, 2.75) is 5.75 Å². The fourth-order valence-corrected chi connectivity index (χ4v) is 2.69. The van der Waals surface area contributed by atoms with Crippen LogP contribution in [0.2, 0.25) is 0 Å². The highest BCUT2D eigenvalue weighted by molar-refractivity contribution is 7.92. The molecule has 2 aromatic rings. The molecule has 1 radical (unpaired) electrons. The molecular weight excluding hydrogens is 254 g/mol. The number of sulfonamides is 1. The molecule has 0 fully saturated rings. The molecule has 0 atom stereocenters. The fraction of sp³-hybridized carbons (Fsp3) is 0.0909. The van der Waals surface area contributed by atoms with Crippen molar-refractivity contribution in [3.05, 3.63) is 54.6 Å². The molecule has 2 heterocycles. The number of amides is 1. The molecule has 2 aromatic heterocycles. The summed E-state index contributed by atoms with van der Waals surface area (Å²) in [6.07, 6.45) is 7.31. The van der Waals surface area contributed by atoms with Crippen molar-refractivity contribution < 1.29 is 13.2 Å². The third kappa shape index (κ3) is 2.57. The average Bonchev–Trinajstić information content (AvgIpc) is 2.83. The van der Waals surface area contributed by atoms with E-state index in [1.807, 2.05) is 0 Å². The summed E-state index contributed by atoms with van der Waals surface area (Å²) in [5, 5.41) is 0. The highest BCUT2D eigenvalue weighted by Crippen LogP contribution is 2.08. The predicted octanol–water partition coefficient (Wildman–Crippen LogP) is 0.418. The van der Waals surface area contributed by atoms with E-state index < -0.39 is 10.0 Å². The van der Waals surface area contributed by atoms with Crippen molar-refractivity contribution in [3.63, 3.8) is 0 Å². The van der Waals surface area contributed by atoms with Gasteiger partial charge in [0.25, 0.3) is 10.0 Å². The van der Waals surface area contributed by atoms with Crippen LogP contribution in [0.3, 0.4) is 0 Å². The molecule has 0 aliphatic rings. The second-order valence-electron chi connectivity index (χ2n) is 3.51. The van der Waals surface area contributed by atoms with Crippen LogP contribution in [0.1, 0.15) is 5.56 Å². The topological polar surface area (TPSA) is 72.3 Å². The van der Waals surface area contributed by atoms with Crippen LogP contribution in [0.4, 0.5) is 0 Å². The number of hydrogen-bond donors (Lipinski definition) is 0. The number of carbonyl (C=O) groups excluding carboxylic acids is 1. The van der Waals surface area contributed by atoms with E-state index >= 15 is 0 Å². The Morgan fingerprint density at radius 1 is 1.22 bits per heavy atom. The molecule has 0 bridgehead atoms. The number of hydrogen-bond acceptors (Lipinski definition) is 4. The van der Waals surface area contributed by atoms with E-state index in [1.165, 1.54) is 31.2 Å². The monoisotopic (exact) mass is 264 g/mol. The van der Waals surface area contributed by atoms with E-state index in [0.717, 1.165) is 4.68 Å². The van der Waals surface area contributed by atoms with E-state index in [0.29, 0.717) is 9.98 Å². The van der Waals surface area contributed by atoms with Gasteiger partial charge in [0.2, 0.25) is 0 Å². The first kappa shape index (κ1) is 12.3. The summed E-state index contributed by atoms with van der Waals surface area (Å²) in [7, 11) is -3.80. The lowest BCUT2D eigenvalue weighted by Gasteiger charge is -2.17. The van der Waals surface area contributed by atoms with Crippen LogP contribution < -0.4 is 4.41 Å². The normalized spacial score (nSPS) is 11.1. The van der Waals surface area contributed by atoms with Gasteiger partial charge in [0, 0.05) is 24.8 Å². The first-order valence-electron chi connectivity index (χ1n) is 5.06. The van der Waals surface area contributed by atoms with Crippen LogP contribution in [0.5, 0.6) is 0 Å². The summed E-state index contributed by atoms with van der Waals surface area (Å²) < 4.78 is 25.8. The van der Waals surface area contributed by atoms with Crippen molar-refractivity contribution in [2.75, 3.05) is 4.41 Å². The summed E-state index contributed by atoms with van der Waals surface area (Å²) in [5.74, 6) is -0.289. The zero-order valence-corrected chi connectivity index (χ0v) is 10.1. The largest absolute Gasteiger partial charge is 0.348 e. The first-order valence-corrected chi connectivity index (χ1v) is 6.67. The van der Waals surface area contributed by atoms with Crippen LogP contribution in [-0.2, 0) is 20.6 Å². The molecule has 0 aromatic carbocycles. The Labute approximate surface area is 105 Å². The number of pyridine rings is 1. The lowest BCUT2D eigenvalue weighted by atomic mass is 10.3. The van der Waals surface area contributed by atoms with Crippen molar-refractivity contribution >= 4 is 16.4 Å². The maximum Gasteiger partial charge on any atom is 0.348 e. The maximum atomic E-state index is 12.1. The molecule has 0 N–H and O–H groups in total. The SMILES string of the molecule is O=[C]N(n1cccc1)S(=O)(=O)Cc1ccncc1. The van der Waals surface area contributed by atoms with Gasteiger partial charge in [0.1, 0.15) is 0 Å². The van der Waals surface area contributed by atoms with Gasteiger partial charge in [-0.3, -0.25) is 14.5 Å². The smallest absolute Gasteiger partial charge is 0.265 e. The number of aromatic nitrogens is 2. The Morgan fingerprint density at radius 3 is 2.39 bits per heavy atom. The summed E-state index contributed by atoms with van der Waals surface area (Å²) in [4.78, 5) is 14.6. The molecule has 2 rings (SSSR count). The molecule has 0 aliphatic heterocycles. The Morgan fingerprint density at radius 2 is 1.83 bits per heavy atom. The summed E-state index contributed by atoms with van der Waals surface area (Å²) in [5.41, 5.74) is 0.553. The van der Waals surface area contributed by atoms with E-state index in [9.17, 15) is 13.2 Å². The van der Waals surface area contributed by atoms with Crippen LogP contribution in [-0.4, -0.2) is 24.5 Å². The van der Waals surface area contributed by atoms with E-state index in [1.54, 1.807) is 24.3 Å². The highest BCUT2D eigenvalue weighted by Gasteiger charge is 2.23. The minimum atomic E-state index is -3.80. The van der Waals surface area contributed by atoms with Gasteiger partial charge < -0.3 is 0 Å². The van der Waals surface area contributed by atoms with Gasteiger partial charge in [-0.15, -0.1) is 4.41 Å². The first-order chi connectivity index (χ1) is 8.63. The number of rotatable bonds is 5. The lowest BCUT2D eigenvalue weighted by molar-refractivity contribution is 0.540. The summed E-state index contributed by atoms with van der Waals surface area (Å²) in [6, 6.07) is 6.39. The molecule has 7 heteroatoms. The van der Waals surface area contributed by atoms with Gasteiger partial charge in [-0.2, -0.15) is 0 Å². The third-order valence-electron chi connectivity index (χ3n) is 2.24. The Balaban J connectivity index is 2.28. The summed E-state index contributed by atoms with van der Waals surface area (Å²) in [6.45, 7) is 0. The van der Waals surface area contributed by atoms with Crippen molar-refractivity contribution in [1.29, 1.82) is 0 Å². The zero-order valence-electron chi connectivity index (χ0n) is 9.30. The molecule has 0 aliphatic carbocycles. The van der Waals surface area contributed by atoms with Gasteiger partial charge in [-0.1, -0.05) is 0 Å². The van der Waals surface area contributed by atoms with Crippen LogP contribution >= 0.6 is 0 Å². The number of nitrogens with zero attached hydrogens (tertiary/aromatic N) is 3.